The molecule has 0 fully saturated rings. The summed E-state index contributed by atoms with van der Waals surface area (Å²) in [4.78, 5) is 27.4. The van der Waals surface area contributed by atoms with Gasteiger partial charge in [-0.25, -0.2) is 0 Å². The van der Waals surface area contributed by atoms with Crippen molar-refractivity contribution in [2.45, 2.75) is 32.9 Å². The molecule has 2 aromatic rings. The molecule has 0 radical (unpaired) electrons. The van der Waals surface area contributed by atoms with Gasteiger partial charge in [0.15, 0.2) is 0 Å². The van der Waals surface area contributed by atoms with Gasteiger partial charge in [-0.3, -0.25) is 19.9 Å². The molecule has 0 aliphatic heterocycles. The van der Waals surface area contributed by atoms with Crippen LogP contribution >= 0.6 is 0 Å². The lowest BCUT2D eigenvalue weighted by molar-refractivity contribution is -0.141. The Hall–Kier alpha value is -2.73. The van der Waals surface area contributed by atoms with Gasteiger partial charge < -0.3 is 10.4 Å². The minimum absolute atomic E-state index is 0.150. The molecule has 6 nitrogen and oxygen atoms in total. The zero-order chi connectivity index (χ0) is 17.5. The Labute approximate surface area is 140 Å². The Kier molecular flexibility index (Phi) is 6.03. The van der Waals surface area contributed by atoms with Crippen LogP contribution in [0.25, 0.3) is 0 Å². The van der Waals surface area contributed by atoms with Gasteiger partial charge in [-0.2, -0.15) is 0 Å². The van der Waals surface area contributed by atoms with E-state index in [1.165, 1.54) is 0 Å². The molecule has 2 rings (SSSR count). The Morgan fingerprint density at radius 3 is 2.62 bits per heavy atom. The van der Waals surface area contributed by atoms with Crippen LogP contribution in [-0.2, 0) is 16.1 Å². The predicted octanol–water partition coefficient (Wildman–Crippen LogP) is 2.27. The first kappa shape index (κ1) is 17.6. The summed E-state index contributed by atoms with van der Waals surface area (Å²) in [5.41, 5.74) is 3.73. The van der Waals surface area contributed by atoms with Crippen LogP contribution in [0, 0.1) is 13.8 Å². The molecule has 0 aliphatic rings. The molecule has 6 heteroatoms. The number of aliphatic carboxylic acids is 1. The lowest BCUT2D eigenvalue weighted by Crippen LogP contribution is -2.39. The van der Waals surface area contributed by atoms with E-state index >= 15 is 0 Å². The number of anilines is 1. The number of carboxylic acid groups (broad SMARTS) is 1. The number of pyridine rings is 1. The van der Waals surface area contributed by atoms with Gasteiger partial charge in [0, 0.05) is 24.6 Å². The fourth-order valence-corrected chi connectivity index (χ4v) is 2.21. The Bertz CT molecular complexity index is 717. The second kappa shape index (κ2) is 8.21. The summed E-state index contributed by atoms with van der Waals surface area (Å²) in [6, 6.07) is 8.25. The molecule has 24 heavy (non-hydrogen) atoms. The average molecular weight is 327 g/mol. The first-order valence-electron chi connectivity index (χ1n) is 7.68. The Morgan fingerprint density at radius 2 is 2.00 bits per heavy atom. The van der Waals surface area contributed by atoms with Gasteiger partial charge in [0.05, 0.1) is 6.42 Å². The van der Waals surface area contributed by atoms with Crippen LogP contribution < -0.4 is 10.6 Å². The summed E-state index contributed by atoms with van der Waals surface area (Å²) in [6.45, 7) is 4.28. The molecule has 0 unspecified atom stereocenters. The molecular formula is C18H21N3O3. The normalized spacial score (nSPS) is 11.8. The van der Waals surface area contributed by atoms with Crippen LogP contribution in [0.3, 0.4) is 0 Å². The van der Waals surface area contributed by atoms with Gasteiger partial charge in [-0.05, 0) is 48.7 Å². The molecule has 0 spiro atoms. The van der Waals surface area contributed by atoms with E-state index in [-0.39, 0.29) is 12.3 Å². The number of aryl methyl sites for hydroxylation is 2. The van der Waals surface area contributed by atoms with Crippen molar-refractivity contribution in [1.82, 2.24) is 10.3 Å². The highest BCUT2D eigenvalue weighted by atomic mass is 16.4. The molecule has 126 valence electrons. The predicted molar refractivity (Wildman–Crippen MR) is 91.7 cm³/mol. The maximum Gasteiger partial charge on any atom is 0.321 e. The summed E-state index contributed by atoms with van der Waals surface area (Å²) < 4.78 is 0. The van der Waals surface area contributed by atoms with E-state index < -0.39 is 12.0 Å². The molecular weight excluding hydrogens is 306 g/mol. The second-order valence-corrected chi connectivity index (χ2v) is 5.68. The van der Waals surface area contributed by atoms with Crippen molar-refractivity contribution in [2.24, 2.45) is 0 Å². The quantitative estimate of drug-likeness (QED) is 0.725. The lowest BCUT2D eigenvalue weighted by atomic mass is 10.1. The van der Waals surface area contributed by atoms with Crippen molar-refractivity contribution in [3.63, 3.8) is 0 Å². The van der Waals surface area contributed by atoms with E-state index in [0.29, 0.717) is 12.2 Å². The minimum atomic E-state index is -1.06. The number of aromatic nitrogens is 1. The van der Waals surface area contributed by atoms with Gasteiger partial charge in [0.25, 0.3) is 0 Å². The van der Waals surface area contributed by atoms with Gasteiger partial charge >= 0.3 is 5.97 Å². The number of hydrogen-bond donors (Lipinski definition) is 3. The molecule has 1 aromatic carbocycles. The number of hydrogen-bond acceptors (Lipinski definition) is 4. The molecule has 1 heterocycles. The van der Waals surface area contributed by atoms with Crippen molar-refractivity contribution < 1.29 is 14.7 Å². The van der Waals surface area contributed by atoms with E-state index in [2.05, 4.69) is 15.6 Å². The van der Waals surface area contributed by atoms with Crippen LogP contribution in [0.1, 0.15) is 23.1 Å². The molecule has 0 aliphatic carbocycles. The molecule has 3 N–H and O–H groups in total. The van der Waals surface area contributed by atoms with Crippen LogP contribution in [0.15, 0.2) is 42.7 Å². The zero-order valence-electron chi connectivity index (χ0n) is 13.7. The average Bonchev–Trinajstić information content (AvgIpc) is 2.55. The summed E-state index contributed by atoms with van der Waals surface area (Å²) in [5, 5.41) is 14.9. The number of nitrogens with zero attached hydrogens (tertiary/aromatic N) is 1. The van der Waals surface area contributed by atoms with Crippen molar-refractivity contribution in [3.8, 4) is 0 Å². The van der Waals surface area contributed by atoms with Crippen molar-refractivity contribution in [1.29, 1.82) is 0 Å². The van der Waals surface area contributed by atoms with E-state index in [1.807, 2.05) is 32.0 Å². The third kappa shape index (κ3) is 5.17. The van der Waals surface area contributed by atoms with Crippen LogP contribution in [0.5, 0.6) is 0 Å². The monoisotopic (exact) mass is 327 g/mol. The molecule has 0 saturated carbocycles. The Morgan fingerprint density at radius 1 is 1.21 bits per heavy atom. The van der Waals surface area contributed by atoms with Gasteiger partial charge in [0.1, 0.15) is 6.04 Å². The van der Waals surface area contributed by atoms with Crippen LogP contribution in [-0.4, -0.2) is 28.0 Å². The largest absolute Gasteiger partial charge is 0.480 e. The topological polar surface area (TPSA) is 91.3 Å². The third-order valence-electron chi connectivity index (χ3n) is 3.75. The van der Waals surface area contributed by atoms with Crippen LogP contribution in [0.4, 0.5) is 5.69 Å². The molecule has 0 bridgehead atoms. The van der Waals surface area contributed by atoms with Crippen molar-refractivity contribution in [2.75, 3.05) is 5.32 Å². The fourth-order valence-electron chi connectivity index (χ4n) is 2.21. The minimum Gasteiger partial charge on any atom is -0.480 e. The number of amides is 1. The van der Waals surface area contributed by atoms with E-state index in [4.69, 9.17) is 0 Å². The van der Waals surface area contributed by atoms with Crippen LogP contribution in [0.2, 0.25) is 0 Å². The molecule has 0 saturated heterocycles. The van der Waals surface area contributed by atoms with E-state index in [0.717, 1.165) is 16.7 Å². The van der Waals surface area contributed by atoms with Crippen molar-refractivity contribution in [3.05, 3.63) is 59.4 Å². The van der Waals surface area contributed by atoms with Gasteiger partial charge in [-0.15, -0.1) is 0 Å². The summed E-state index contributed by atoms with van der Waals surface area (Å²) >= 11 is 0. The highest BCUT2D eigenvalue weighted by molar-refractivity contribution is 5.94. The first-order chi connectivity index (χ1) is 11.5. The smallest absolute Gasteiger partial charge is 0.321 e. The van der Waals surface area contributed by atoms with Gasteiger partial charge in [0.2, 0.25) is 5.91 Å². The number of carboxylic acids is 1. The van der Waals surface area contributed by atoms with E-state index in [1.54, 1.807) is 24.5 Å². The fraction of sp³-hybridized carbons (Fsp3) is 0.278. The maximum atomic E-state index is 12.1. The number of rotatable bonds is 7. The summed E-state index contributed by atoms with van der Waals surface area (Å²) in [5.74, 6) is -1.40. The zero-order valence-corrected chi connectivity index (χ0v) is 13.7. The first-order valence-corrected chi connectivity index (χ1v) is 7.68. The third-order valence-corrected chi connectivity index (χ3v) is 3.75. The highest BCUT2D eigenvalue weighted by Crippen LogP contribution is 2.14. The number of benzene rings is 1. The maximum absolute atomic E-state index is 12.1. The number of carbonyl (C=O) groups is 2. The SMILES string of the molecule is Cc1ccc(NC(=O)C[C@@H](NCc2cccnc2)C(=O)O)cc1C. The highest BCUT2D eigenvalue weighted by Gasteiger charge is 2.20. The summed E-state index contributed by atoms with van der Waals surface area (Å²) in [7, 11) is 0. The molecule has 1 amide bonds. The lowest BCUT2D eigenvalue weighted by Gasteiger charge is -2.15. The molecule has 1 aromatic heterocycles. The van der Waals surface area contributed by atoms with Crippen molar-refractivity contribution >= 4 is 17.6 Å². The second-order valence-electron chi connectivity index (χ2n) is 5.68. The summed E-state index contributed by atoms with van der Waals surface area (Å²) in [6.07, 6.45) is 3.15. The van der Waals surface area contributed by atoms with Gasteiger partial charge in [-0.1, -0.05) is 12.1 Å². The van der Waals surface area contributed by atoms with E-state index in [9.17, 15) is 14.7 Å². The number of nitrogens with one attached hydrogen (secondary N) is 2. The standard InChI is InChI=1S/C18H21N3O3/c1-12-5-6-15(8-13(12)2)21-17(22)9-16(18(23)24)20-11-14-4-3-7-19-10-14/h3-8,10,16,20H,9,11H2,1-2H3,(H,21,22)(H,23,24)/t16-/m1/s1. The Balaban J connectivity index is 1.92. The molecule has 1 atom stereocenters. The number of carbonyl (C=O) groups excluding carboxylic acids is 1.